The minimum atomic E-state index is -4.76. The van der Waals surface area contributed by atoms with Gasteiger partial charge in [-0.05, 0) is 24.1 Å². The lowest BCUT2D eigenvalue weighted by molar-refractivity contribution is -0.138. The van der Waals surface area contributed by atoms with E-state index in [0.29, 0.717) is 5.56 Å². The molecule has 2 aromatic carbocycles. The Morgan fingerprint density at radius 3 is 2.18 bits per heavy atom. The lowest BCUT2D eigenvalue weighted by atomic mass is 9.93. The summed E-state index contributed by atoms with van der Waals surface area (Å²) in [7, 11) is 0. The summed E-state index contributed by atoms with van der Waals surface area (Å²) >= 11 is 0. The third-order valence-corrected chi connectivity index (χ3v) is 3.45. The van der Waals surface area contributed by atoms with Crippen LogP contribution in [0.15, 0.2) is 36.4 Å². The molecule has 0 saturated heterocycles. The number of benzene rings is 2. The number of ketones is 1. The molecule has 0 spiro atoms. The van der Waals surface area contributed by atoms with Crippen molar-refractivity contribution in [3.05, 3.63) is 53.1 Å². The van der Waals surface area contributed by atoms with Crippen LogP contribution in [0.1, 0.15) is 34.8 Å². The number of phenolic OH excluding ortho intramolecular Hbond substituents is 1. The Morgan fingerprint density at radius 2 is 1.68 bits per heavy atom. The Labute approximate surface area is 126 Å². The van der Waals surface area contributed by atoms with Gasteiger partial charge in [0, 0.05) is 6.42 Å². The van der Waals surface area contributed by atoms with Crippen molar-refractivity contribution in [1.29, 1.82) is 0 Å². The van der Waals surface area contributed by atoms with E-state index in [1.165, 1.54) is 19.1 Å². The zero-order chi connectivity index (χ0) is 16.5. The topological polar surface area (TPSA) is 37.3 Å². The van der Waals surface area contributed by atoms with E-state index in [-0.39, 0.29) is 17.5 Å². The number of aromatic hydroxyl groups is 1. The van der Waals surface area contributed by atoms with Crippen LogP contribution in [-0.2, 0) is 6.18 Å². The van der Waals surface area contributed by atoms with Gasteiger partial charge >= 0.3 is 6.18 Å². The first-order chi connectivity index (χ1) is 10.3. The molecule has 2 nitrogen and oxygen atoms in total. The largest absolute Gasteiger partial charge is 0.507 e. The van der Waals surface area contributed by atoms with Crippen molar-refractivity contribution in [3.63, 3.8) is 0 Å². The fraction of sp³-hybridized carbons (Fsp3) is 0.235. The molecule has 0 aromatic heterocycles. The Hall–Kier alpha value is -2.30. The van der Waals surface area contributed by atoms with E-state index < -0.39 is 23.3 Å². The van der Waals surface area contributed by atoms with Gasteiger partial charge in [-0.1, -0.05) is 42.8 Å². The fourth-order valence-electron chi connectivity index (χ4n) is 2.27. The molecule has 0 radical (unpaired) electrons. The van der Waals surface area contributed by atoms with E-state index in [2.05, 4.69) is 0 Å². The maximum absolute atomic E-state index is 13.4. The maximum Gasteiger partial charge on any atom is 0.420 e. The van der Waals surface area contributed by atoms with E-state index in [0.717, 1.165) is 5.56 Å². The highest BCUT2D eigenvalue weighted by Crippen LogP contribution is 2.44. The van der Waals surface area contributed by atoms with Crippen LogP contribution >= 0.6 is 0 Å². The number of halogens is 3. The first kappa shape index (κ1) is 16.1. The molecule has 0 aliphatic rings. The average molecular weight is 308 g/mol. The highest BCUT2D eigenvalue weighted by molar-refractivity contribution is 5.99. The van der Waals surface area contributed by atoms with Gasteiger partial charge in [0.25, 0.3) is 0 Å². The summed E-state index contributed by atoms with van der Waals surface area (Å²) in [6.45, 7) is 3.36. The standard InChI is InChI=1S/C17H15F3O2/c1-3-14(21)13-9-8-12(11-6-4-10(2)5-7-11)15(16(13)22)17(18,19)20/h4-9,22H,3H2,1-2H3. The number of Topliss-reactive ketones (excluding diaryl/α,β-unsaturated/α-hetero) is 1. The summed E-state index contributed by atoms with van der Waals surface area (Å²) in [4.78, 5) is 11.7. The van der Waals surface area contributed by atoms with Crippen LogP contribution in [0.4, 0.5) is 13.2 Å². The third kappa shape index (κ3) is 2.98. The summed E-state index contributed by atoms with van der Waals surface area (Å²) in [5.74, 6) is -1.53. The van der Waals surface area contributed by atoms with Crippen molar-refractivity contribution in [2.75, 3.05) is 0 Å². The molecule has 2 rings (SSSR count). The number of aryl methyl sites for hydroxylation is 1. The third-order valence-electron chi connectivity index (χ3n) is 3.45. The Balaban J connectivity index is 2.72. The minimum Gasteiger partial charge on any atom is -0.507 e. The number of phenols is 1. The number of rotatable bonds is 3. The van der Waals surface area contributed by atoms with E-state index in [1.54, 1.807) is 24.3 Å². The van der Waals surface area contributed by atoms with E-state index >= 15 is 0 Å². The normalized spacial score (nSPS) is 11.5. The van der Waals surface area contributed by atoms with Gasteiger partial charge in [0.2, 0.25) is 0 Å². The van der Waals surface area contributed by atoms with Gasteiger partial charge in [0.15, 0.2) is 5.78 Å². The first-order valence-electron chi connectivity index (χ1n) is 6.79. The lowest BCUT2D eigenvalue weighted by Gasteiger charge is -2.17. The van der Waals surface area contributed by atoms with E-state index in [1.807, 2.05) is 6.92 Å². The summed E-state index contributed by atoms with van der Waals surface area (Å²) in [6, 6.07) is 8.97. The minimum absolute atomic E-state index is 0.0226. The molecule has 0 heterocycles. The number of carbonyl (C=O) groups is 1. The van der Waals surface area contributed by atoms with E-state index in [4.69, 9.17) is 0 Å². The van der Waals surface area contributed by atoms with Gasteiger partial charge in [-0.15, -0.1) is 0 Å². The molecule has 5 heteroatoms. The molecule has 22 heavy (non-hydrogen) atoms. The van der Waals surface area contributed by atoms with Crippen molar-refractivity contribution >= 4 is 5.78 Å². The molecule has 1 N–H and O–H groups in total. The van der Waals surface area contributed by atoms with Crippen molar-refractivity contribution in [2.45, 2.75) is 26.4 Å². The second-order valence-electron chi connectivity index (χ2n) is 5.02. The second kappa shape index (κ2) is 5.83. The second-order valence-corrected chi connectivity index (χ2v) is 5.02. The summed E-state index contributed by atoms with van der Waals surface area (Å²) in [5, 5.41) is 9.98. The van der Waals surface area contributed by atoms with Crippen molar-refractivity contribution in [2.24, 2.45) is 0 Å². The van der Waals surface area contributed by atoms with Crippen LogP contribution in [0, 0.1) is 6.92 Å². The van der Waals surface area contributed by atoms with Crippen LogP contribution in [0.5, 0.6) is 5.75 Å². The molecule has 0 fully saturated rings. The first-order valence-corrected chi connectivity index (χ1v) is 6.79. The monoisotopic (exact) mass is 308 g/mol. The van der Waals surface area contributed by atoms with Crippen LogP contribution in [0.25, 0.3) is 11.1 Å². The van der Waals surface area contributed by atoms with Gasteiger partial charge in [0.05, 0.1) is 5.56 Å². The Bertz CT molecular complexity index is 701. The predicted molar refractivity (Wildman–Crippen MR) is 77.9 cm³/mol. The van der Waals surface area contributed by atoms with Gasteiger partial charge in [-0.2, -0.15) is 13.2 Å². The quantitative estimate of drug-likeness (QED) is 0.812. The summed E-state index contributed by atoms with van der Waals surface area (Å²) in [5.41, 5.74) is -0.359. The van der Waals surface area contributed by atoms with Crippen LogP contribution < -0.4 is 0 Å². The maximum atomic E-state index is 13.4. The highest BCUT2D eigenvalue weighted by atomic mass is 19.4. The van der Waals surface area contributed by atoms with Crippen LogP contribution in [-0.4, -0.2) is 10.9 Å². The molecule has 0 bridgehead atoms. The summed E-state index contributed by atoms with van der Waals surface area (Å²) in [6.07, 6.45) is -4.73. The predicted octanol–water partition coefficient (Wildman–Crippen LogP) is 4.98. The van der Waals surface area contributed by atoms with Gasteiger partial charge in [-0.3, -0.25) is 4.79 Å². The lowest BCUT2D eigenvalue weighted by Crippen LogP contribution is -2.10. The molecule has 0 aliphatic carbocycles. The zero-order valence-electron chi connectivity index (χ0n) is 12.2. The highest BCUT2D eigenvalue weighted by Gasteiger charge is 2.38. The molecule has 2 aromatic rings. The Kier molecular flexibility index (Phi) is 4.26. The number of hydrogen-bond donors (Lipinski definition) is 1. The average Bonchev–Trinajstić information content (AvgIpc) is 2.45. The number of hydrogen-bond acceptors (Lipinski definition) is 2. The molecule has 0 aliphatic heterocycles. The van der Waals surface area contributed by atoms with Crippen LogP contribution in [0.3, 0.4) is 0 Å². The summed E-state index contributed by atoms with van der Waals surface area (Å²) < 4.78 is 40.1. The van der Waals surface area contributed by atoms with Crippen LogP contribution in [0.2, 0.25) is 0 Å². The molecule has 0 amide bonds. The van der Waals surface area contributed by atoms with Gasteiger partial charge in [-0.25, -0.2) is 0 Å². The SMILES string of the molecule is CCC(=O)c1ccc(-c2ccc(C)cc2)c(C(F)(F)F)c1O. The van der Waals surface area contributed by atoms with Crippen molar-refractivity contribution in [1.82, 2.24) is 0 Å². The zero-order valence-corrected chi connectivity index (χ0v) is 12.2. The fourth-order valence-corrected chi connectivity index (χ4v) is 2.27. The number of alkyl halides is 3. The van der Waals surface area contributed by atoms with Crippen molar-refractivity contribution < 1.29 is 23.1 Å². The molecular weight excluding hydrogens is 293 g/mol. The van der Waals surface area contributed by atoms with Crippen molar-refractivity contribution in [3.8, 4) is 16.9 Å². The molecule has 0 saturated carbocycles. The van der Waals surface area contributed by atoms with Gasteiger partial charge in [0.1, 0.15) is 11.3 Å². The van der Waals surface area contributed by atoms with E-state index in [9.17, 15) is 23.1 Å². The molecule has 0 unspecified atom stereocenters. The molecule has 116 valence electrons. The molecular formula is C17H15F3O2. The van der Waals surface area contributed by atoms with Gasteiger partial charge < -0.3 is 5.11 Å². The molecule has 0 atom stereocenters. The number of carbonyl (C=O) groups excluding carboxylic acids is 1. The smallest absolute Gasteiger partial charge is 0.420 e. The Morgan fingerprint density at radius 1 is 1.09 bits per heavy atom.